The highest BCUT2D eigenvalue weighted by Gasteiger charge is 2.32. The van der Waals surface area contributed by atoms with Crippen molar-refractivity contribution in [2.75, 3.05) is 15.9 Å². The summed E-state index contributed by atoms with van der Waals surface area (Å²) in [6.07, 6.45) is 1.07. The van der Waals surface area contributed by atoms with Crippen molar-refractivity contribution in [1.29, 1.82) is 0 Å². The van der Waals surface area contributed by atoms with Gasteiger partial charge < -0.3 is 10.1 Å². The van der Waals surface area contributed by atoms with Crippen molar-refractivity contribution in [3.8, 4) is 5.75 Å². The van der Waals surface area contributed by atoms with E-state index in [0.29, 0.717) is 11.4 Å². The van der Waals surface area contributed by atoms with E-state index in [9.17, 15) is 23.3 Å². The molecule has 0 bridgehead atoms. The highest BCUT2D eigenvalue weighted by Crippen LogP contribution is 2.27. The molecule has 0 spiro atoms. The predicted octanol–water partition coefficient (Wildman–Crippen LogP) is 3.57. The molecular weight excluding hydrogens is 410 g/mol. The average Bonchev–Trinajstić information content (AvgIpc) is 2.64. The van der Waals surface area contributed by atoms with Gasteiger partial charge in [-0.05, 0) is 38.5 Å². The maximum atomic E-state index is 13.0. The van der Waals surface area contributed by atoms with Crippen LogP contribution >= 0.6 is 0 Å². The number of hydrogen-bond donors (Lipinski definition) is 1. The molecule has 10 heteroatoms. The monoisotopic (exact) mass is 435 g/mol. The first-order valence-corrected chi connectivity index (χ1v) is 11.2. The van der Waals surface area contributed by atoms with Crippen LogP contribution in [0.4, 0.5) is 17.1 Å². The lowest BCUT2D eigenvalue weighted by Gasteiger charge is -2.30. The SMILES string of the molecule is CC[C@H](C(=O)Nc1cccc(OC(C)C)c1)N(c1cccc([N+](=O)[O-])c1)S(C)(=O)=O. The number of carbonyl (C=O) groups excluding carboxylic acids is 1. The minimum absolute atomic E-state index is 0.0468. The summed E-state index contributed by atoms with van der Waals surface area (Å²) in [6.45, 7) is 5.42. The number of carbonyl (C=O) groups is 1. The number of non-ortho nitro benzene ring substituents is 1. The van der Waals surface area contributed by atoms with Gasteiger partial charge in [-0.3, -0.25) is 19.2 Å². The van der Waals surface area contributed by atoms with E-state index in [1.165, 1.54) is 18.2 Å². The third-order valence-corrected chi connectivity index (χ3v) is 5.28. The number of nitro groups is 1. The zero-order chi connectivity index (χ0) is 22.5. The number of sulfonamides is 1. The lowest BCUT2D eigenvalue weighted by molar-refractivity contribution is -0.384. The number of nitro benzene ring substituents is 1. The number of anilines is 2. The minimum atomic E-state index is -3.91. The summed E-state index contributed by atoms with van der Waals surface area (Å²) in [5, 5.41) is 13.8. The normalized spacial score (nSPS) is 12.3. The molecule has 9 nitrogen and oxygen atoms in total. The third-order valence-electron chi connectivity index (χ3n) is 4.10. The molecule has 1 N–H and O–H groups in total. The molecule has 0 heterocycles. The van der Waals surface area contributed by atoms with Crippen LogP contribution in [0.1, 0.15) is 27.2 Å². The first-order chi connectivity index (χ1) is 14.0. The highest BCUT2D eigenvalue weighted by molar-refractivity contribution is 7.92. The van der Waals surface area contributed by atoms with E-state index in [4.69, 9.17) is 4.74 Å². The molecule has 2 aromatic rings. The molecule has 0 fully saturated rings. The van der Waals surface area contributed by atoms with Crippen LogP contribution in [0, 0.1) is 10.1 Å². The predicted molar refractivity (Wildman–Crippen MR) is 115 cm³/mol. The Morgan fingerprint density at radius 2 is 1.87 bits per heavy atom. The molecule has 0 aliphatic heterocycles. The Bertz CT molecular complexity index is 1020. The fourth-order valence-electron chi connectivity index (χ4n) is 2.95. The van der Waals surface area contributed by atoms with Crippen molar-refractivity contribution in [1.82, 2.24) is 0 Å². The lowest BCUT2D eigenvalue weighted by Crippen LogP contribution is -2.47. The van der Waals surface area contributed by atoms with Crippen LogP contribution in [0.5, 0.6) is 5.75 Å². The minimum Gasteiger partial charge on any atom is -0.491 e. The Morgan fingerprint density at radius 1 is 1.20 bits per heavy atom. The van der Waals surface area contributed by atoms with Gasteiger partial charge in [0.1, 0.15) is 11.8 Å². The third kappa shape index (κ3) is 5.93. The van der Waals surface area contributed by atoms with Gasteiger partial charge in [-0.25, -0.2) is 8.42 Å². The van der Waals surface area contributed by atoms with Gasteiger partial charge in [-0.1, -0.05) is 19.1 Å². The van der Waals surface area contributed by atoms with Crippen LogP contribution in [0.25, 0.3) is 0 Å². The second kappa shape index (κ2) is 9.57. The van der Waals surface area contributed by atoms with Crippen molar-refractivity contribution >= 4 is 33.0 Å². The smallest absolute Gasteiger partial charge is 0.271 e. The number of rotatable bonds is 9. The molecule has 0 radical (unpaired) electrons. The van der Waals surface area contributed by atoms with E-state index in [0.717, 1.165) is 16.6 Å². The van der Waals surface area contributed by atoms with Gasteiger partial charge >= 0.3 is 0 Å². The molecule has 2 rings (SSSR count). The second-order valence-electron chi connectivity index (χ2n) is 6.94. The number of nitrogens with zero attached hydrogens (tertiary/aromatic N) is 2. The molecule has 0 aromatic heterocycles. The van der Waals surface area contributed by atoms with Gasteiger partial charge in [-0.2, -0.15) is 0 Å². The summed E-state index contributed by atoms with van der Waals surface area (Å²) < 4.78 is 31.5. The summed E-state index contributed by atoms with van der Waals surface area (Å²) in [4.78, 5) is 23.4. The van der Waals surface area contributed by atoms with E-state index in [1.807, 2.05) is 13.8 Å². The topological polar surface area (TPSA) is 119 Å². The van der Waals surface area contributed by atoms with Crippen LogP contribution < -0.4 is 14.4 Å². The number of amides is 1. The number of benzene rings is 2. The highest BCUT2D eigenvalue weighted by atomic mass is 32.2. The Labute approximate surface area is 175 Å². The largest absolute Gasteiger partial charge is 0.491 e. The number of hydrogen-bond acceptors (Lipinski definition) is 6. The van der Waals surface area contributed by atoms with Crippen LogP contribution in [0.15, 0.2) is 48.5 Å². The van der Waals surface area contributed by atoms with E-state index in [-0.39, 0.29) is 23.9 Å². The van der Waals surface area contributed by atoms with E-state index < -0.39 is 26.9 Å². The zero-order valence-electron chi connectivity index (χ0n) is 17.2. The van der Waals surface area contributed by atoms with Crippen LogP contribution in [0.2, 0.25) is 0 Å². The molecule has 1 amide bonds. The van der Waals surface area contributed by atoms with Crippen molar-refractivity contribution < 1.29 is 22.9 Å². The van der Waals surface area contributed by atoms with E-state index >= 15 is 0 Å². The van der Waals surface area contributed by atoms with Crippen molar-refractivity contribution in [3.63, 3.8) is 0 Å². The van der Waals surface area contributed by atoms with Crippen LogP contribution in [0.3, 0.4) is 0 Å². The standard InChI is InChI=1S/C20H25N3O6S/c1-5-19(20(24)21-15-8-6-11-18(12-15)29-14(2)3)22(30(4,27)28)16-9-7-10-17(13-16)23(25)26/h6-14,19H,5H2,1-4H3,(H,21,24)/t19-/m1/s1. The summed E-state index contributed by atoms with van der Waals surface area (Å²) >= 11 is 0. The molecule has 1 atom stereocenters. The van der Waals surface area contributed by atoms with Crippen molar-refractivity contribution in [3.05, 3.63) is 58.6 Å². The lowest BCUT2D eigenvalue weighted by atomic mass is 10.1. The Morgan fingerprint density at radius 3 is 2.43 bits per heavy atom. The first-order valence-electron chi connectivity index (χ1n) is 9.34. The second-order valence-corrected chi connectivity index (χ2v) is 8.80. The first kappa shape index (κ1) is 23.1. The Kier molecular flexibility index (Phi) is 7.38. The molecule has 0 aliphatic carbocycles. The van der Waals surface area contributed by atoms with Gasteiger partial charge in [0, 0.05) is 23.9 Å². The average molecular weight is 436 g/mol. The van der Waals surface area contributed by atoms with Crippen LogP contribution in [-0.2, 0) is 14.8 Å². The summed E-state index contributed by atoms with van der Waals surface area (Å²) in [7, 11) is -3.91. The van der Waals surface area contributed by atoms with Crippen molar-refractivity contribution in [2.24, 2.45) is 0 Å². The van der Waals surface area contributed by atoms with Gasteiger partial charge in [0.2, 0.25) is 15.9 Å². The fourth-order valence-corrected chi connectivity index (χ4v) is 4.15. The molecule has 0 saturated heterocycles. The maximum Gasteiger partial charge on any atom is 0.271 e. The zero-order valence-corrected chi connectivity index (χ0v) is 18.0. The molecule has 0 aliphatic rings. The molecular formula is C20H25N3O6S. The van der Waals surface area contributed by atoms with Gasteiger partial charge in [-0.15, -0.1) is 0 Å². The fraction of sp³-hybridized carbons (Fsp3) is 0.350. The molecule has 2 aromatic carbocycles. The molecule has 0 saturated carbocycles. The molecule has 162 valence electrons. The summed E-state index contributed by atoms with van der Waals surface area (Å²) in [6, 6.07) is 10.8. The number of nitrogens with one attached hydrogen (secondary N) is 1. The Hall–Kier alpha value is -3.14. The summed E-state index contributed by atoms with van der Waals surface area (Å²) in [5.41, 5.74) is 0.227. The summed E-state index contributed by atoms with van der Waals surface area (Å²) in [5.74, 6) is 0.00521. The molecule has 30 heavy (non-hydrogen) atoms. The van der Waals surface area contributed by atoms with Crippen LogP contribution in [-0.4, -0.2) is 37.6 Å². The maximum absolute atomic E-state index is 13.0. The van der Waals surface area contributed by atoms with Gasteiger partial charge in [0.05, 0.1) is 23.0 Å². The van der Waals surface area contributed by atoms with Crippen molar-refractivity contribution in [2.45, 2.75) is 39.3 Å². The Balaban J connectivity index is 2.37. The van der Waals surface area contributed by atoms with E-state index in [1.54, 1.807) is 31.2 Å². The quantitative estimate of drug-likeness (QED) is 0.475. The van der Waals surface area contributed by atoms with Gasteiger partial charge in [0.25, 0.3) is 5.69 Å². The van der Waals surface area contributed by atoms with E-state index in [2.05, 4.69) is 5.32 Å². The number of ether oxygens (including phenoxy) is 1. The van der Waals surface area contributed by atoms with Gasteiger partial charge in [0.15, 0.2) is 0 Å². The molecule has 0 unspecified atom stereocenters.